The Kier molecular flexibility index (Phi) is 4.90. The maximum absolute atomic E-state index is 12.0. The molecule has 1 heterocycles. The molecule has 0 amide bonds. The molecule has 2 aromatic rings. The van der Waals surface area contributed by atoms with Crippen LogP contribution in [0, 0.1) is 0 Å². The van der Waals surface area contributed by atoms with Crippen LogP contribution in [-0.4, -0.2) is 30.8 Å². The van der Waals surface area contributed by atoms with Gasteiger partial charge in [0.15, 0.2) is 6.20 Å². The largest absolute Gasteiger partial charge is 0.462 e. The summed E-state index contributed by atoms with van der Waals surface area (Å²) in [7, 11) is 0. The maximum Gasteiger partial charge on any atom is 0.346 e. The van der Waals surface area contributed by atoms with Crippen LogP contribution < -0.4 is 10.3 Å². The highest BCUT2D eigenvalue weighted by molar-refractivity contribution is 6.03. The molecule has 3 N–H and O–H groups in total. The fourth-order valence-electron chi connectivity index (χ4n) is 2.05. The quantitative estimate of drug-likeness (QED) is 0.621. The third-order valence-electron chi connectivity index (χ3n) is 2.97. The molecule has 0 aliphatic carbocycles. The number of aliphatic hydroxyl groups is 1. The van der Waals surface area contributed by atoms with Crippen LogP contribution in [0.2, 0.25) is 0 Å². The molecular weight excluding hydrogens is 256 g/mol. The van der Waals surface area contributed by atoms with Crippen molar-refractivity contribution in [2.24, 2.45) is 0 Å². The summed E-state index contributed by atoms with van der Waals surface area (Å²) in [5.74, 6) is -0.360. The Hall–Kier alpha value is -2.14. The molecule has 0 spiro atoms. The van der Waals surface area contributed by atoms with Crippen molar-refractivity contribution in [2.75, 3.05) is 25.1 Å². The zero-order valence-corrected chi connectivity index (χ0v) is 11.5. The lowest BCUT2D eigenvalue weighted by molar-refractivity contribution is -0.344. The Bertz CT molecular complexity index is 599. The Labute approximate surface area is 117 Å². The van der Waals surface area contributed by atoms with Crippen LogP contribution in [0.25, 0.3) is 10.9 Å². The van der Waals surface area contributed by atoms with Crippen LogP contribution in [0.5, 0.6) is 0 Å². The number of hydrogen-bond donors (Lipinski definition) is 2. The van der Waals surface area contributed by atoms with E-state index in [0.29, 0.717) is 25.1 Å². The Morgan fingerprint density at radius 1 is 1.40 bits per heavy atom. The van der Waals surface area contributed by atoms with Crippen molar-refractivity contribution < 1.29 is 19.6 Å². The van der Waals surface area contributed by atoms with Crippen LogP contribution in [0.15, 0.2) is 30.5 Å². The number of para-hydroxylation sites is 1. The van der Waals surface area contributed by atoms with Crippen LogP contribution in [0.3, 0.4) is 0 Å². The van der Waals surface area contributed by atoms with Gasteiger partial charge in [0.1, 0.15) is 5.56 Å². The van der Waals surface area contributed by atoms with Gasteiger partial charge in [-0.2, -0.15) is 0 Å². The van der Waals surface area contributed by atoms with E-state index in [0.717, 1.165) is 16.6 Å². The van der Waals surface area contributed by atoms with E-state index >= 15 is 0 Å². The van der Waals surface area contributed by atoms with Crippen molar-refractivity contribution in [1.82, 2.24) is 0 Å². The highest BCUT2D eigenvalue weighted by atomic mass is 16.5. The number of ether oxygens (including phenoxy) is 1. The maximum atomic E-state index is 12.0. The fourth-order valence-corrected chi connectivity index (χ4v) is 2.05. The van der Waals surface area contributed by atoms with Crippen molar-refractivity contribution in [1.29, 1.82) is 0 Å². The molecule has 0 saturated carbocycles. The van der Waals surface area contributed by atoms with E-state index in [-0.39, 0.29) is 12.6 Å². The number of benzene rings is 1. The number of anilines is 1. The molecule has 0 unspecified atom stereocenters. The van der Waals surface area contributed by atoms with Crippen molar-refractivity contribution in [2.45, 2.75) is 13.3 Å². The van der Waals surface area contributed by atoms with Gasteiger partial charge in [-0.15, -0.1) is 0 Å². The van der Waals surface area contributed by atoms with E-state index < -0.39 is 0 Å². The van der Waals surface area contributed by atoms with Crippen molar-refractivity contribution in [3.63, 3.8) is 0 Å². The van der Waals surface area contributed by atoms with Gasteiger partial charge in [0.05, 0.1) is 17.7 Å². The van der Waals surface area contributed by atoms with Gasteiger partial charge in [-0.05, 0) is 19.4 Å². The standard InChI is InChI=1S/C15H18N2O3/c1-2-20-15(19)12-10-17-13-7-4-3-6-11(13)14(12)16-8-5-9-18/h3-4,6-7,10,18H,2,5,8-9H2,1H3,(H,16,17)/p+1. The van der Waals surface area contributed by atoms with E-state index in [1.54, 1.807) is 13.1 Å². The van der Waals surface area contributed by atoms with E-state index in [9.17, 15) is 4.79 Å². The van der Waals surface area contributed by atoms with Gasteiger partial charge in [0, 0.05) is 19.2 Å². The zero-order chi connectivity index (χ0) is 14.4. The Morgan fingerprint density at radius 2 is 2.20 bits per heavy atom. The molecule has 0 fully saturated rings. The van der Waals surface area contributed by atoms with Crippen LogP contribution in [0.4, 0.5) is 5.69 Å². The molecule has 5 nitrogen and oxygen atoms in total. The fraction of sp³-hybridized carbons (Fsp3) is 0.333. The minimum atomic E-state index is -0.360. The molecule has 0 aliphatic rings. The molecule has 1 aromatic carbocycles. The number of rotatable bonds is 6. The first-order valence-electron chi connectivity index (χ1n) is 6.73. The van der Waals surface area contributed by atoms with Crippen molar-refractivity contribution in [3.05, 3.63) is 36.0 Å². The predicted octanol–water partition coefficient (Wildman–Crippen LogP) is 1.62. The normalized spacial score (nSPS) is 10.5. The second-order valence-corrected chi connectivity index (χ2v) is 4.35. The number of fused-ring (bicyclic) bond motifs is 1. The molecule has 0 bridgehead atoms. The number of aromatic amines is 1. The number of carbonyl (C=O) groups excluding carboxylic acids is 1. The third kappa shape index (κ3) is 3.05. The van der Waals surface area contributed by atoms with E-state index in [1.807, 2.05) is 24.3 Å². The first-order valence-corrected chi connectivity index (χ1v) is 6.73. The predicted molar refractivity (Wildman–Crippen MR) is 76.7 cm³/mol. The lowest BCUT2D eigenvalue weighted by Crippen LogP contribution is -2.16. The lowest BCUT2D eigenvalue weighted by Gasteiger charge is -2.11. The topological polar surface area (TPSA) is 72.7 Å². The van der Waals surface area contributed by atoms with Gasteiger partial charge in [0.25, 0.3) is 0 Å². The summed E-state index contributed by atoms with van der Waals surface area (Å²) in [6, 6.07) is 7.74. The first-order chi connectivity index (χ1) is 9.77. The molecule has 2 rings (SSSR count). The van der Waals surface area contributed by atoms with Gasteiger partial charge >= 0.3 is 5.97 Å². The number of hydrogen-bond acceptors (Lipinski definition) is 4. The minimum absolute atomic E-state index is 0.110. The lowest BCUT2D eigenvalue weighted by atomic mass is 10.1. The van der Waals surface area contributed by atoms with Crippen molar-refractivity contribution in [3.8, 4) is 0 Å². The monoisotopic (exact) mass is 275 g/mol. The smallest absolute Gasteiger partial charge is 0.346 e. The van der Waals surface area contributed by atoms with Crippen LogP contribution >= 0.6 is 0 Å². The molecule has 20 heavy (non-hydrogen) atoms. The minimum Gasteiger partial charge on any atom is -0.462 e. The number of carbonyl (C=O) groups is 1. The van der Waals surface area contributed by atoms with Gasteiger partial charge in [-0.1, -0.05) is 12.1 Å². The number of H-pyrrole nitrogens is 1. The van der Waals surface area contributed by atoms with Crippen LogP contribution in [-0.2, 0) is 4.74 Å². The highest BCUT2D eigenvalue weighted by Gasteiger charge is 2.19. The highest BCUT2D eigenvalue weighted by Crippen LogP contribution is 2.24. The average Bonchev–Trinajstić information content (AvgIpc) is 2.47. The van der Waals surface area contributed by atoms with E-state index in [2.05, 4.69) is 10.3 Å². The second kappa shape index (κ2) is 6.86. The van der Waals surface area contributed by atoms with Gasteiger partial charge < -0.3 is 15.2 Å². The summed E-state index contributed by atoms with van der Waals surface area (Å²) < 4.78 is 5.08. The van der Waals surface area contributed by atoms with E-state index in [1.165, 1.54) is 0 Å². The average molecular weight is 275 g/mol. The van der Waals surface area contributed by atoms with Gasteiger partial charge in [-0.3, -0.25) is 0 Å². The van der Waals surface area contributed by atoms with Gasteiger partial charge in [0.2, 0.25) is 5.52 Å². The number of pyridine rings is 1. The summed E-state index contributed by atoms with van der Waals surface area (Å²) in [4.78, 5) is 15.1. The molecule has 1 aromatic heterocycles. The molecule has 0 radical (unpaired) electrons. The molecular formula is C15H19N2O3+. The summed E-state index contributed by atoms with van der Waals surface area (Å²) in [5, 5.41) is 13.0. The number of esters is 1. The van der Waals surface area contributed by atoms with Crippen molar-refractivity contribution >= 4 is 22.6 Å². The summed E-state index contributed by atoms with van der Waals surface area (Å²) in [6.07, 6.45) is 2.27. The number of aliphatic hydroxyl groups excluding tert-OH is 1. The molecule has 0 saturated heterocycles. The third-order valence-corrected chi connectivity index (χ3v) is 2.97. The summed E-state index contributed by atoms with van der Waals surface area (Å²) >= 11 is 0. The van der Waals surface area contributed by atoms with Gasteiger partial charge in [-0.25, -0.2) is 9.78 Å². The number of aromatic nitrogens is 1. The molecule has 106 valence electrons. The van der Waals surface area contributed by atoms with E-state index in [4.69, 9.17) is 9.84 Å². The zero-order valence-electron chi connectivity index (χ0n) is 11.5. The molecule has 0 aliphatic heterocycles. The molecule has 5 heteroatoms. The van der Waals surface area contributed by atoms with Crippen LogP contribution in [0.1, 0.15) is 23.7 Å². The number of nitrogens with one attached hydrogen (secondary N) is 2. The Morgan fingerprint density at radius 3 is 2.95 bits per heavy atom. The Balaban J connectivity index is 2.44. The summed E-state index contributed by atoms with van der Waals surface area (Å²) in [6.45, 7) is 2.82. The second-order valence-electron chi connectivity index (χ2n) is 4.35. The SMILES string of the molecule is CCOC(=O)c1c[nH+]c2ccccc2c1NCCCO. The molecule has 0 atom stereocenters. The first kappa shape index (κ1) is 14.3. The summed E-state index contributed by atoms with van der Waals surface area (Å²) in [5.41, 5.74) is 2.15.